The van der Waals surface area contributed by atoms with Gasteiger partial charge in [-0.25, -0.2) is 4.98 Å². The van der Waals surface area contributed by atoms with Crippen molar-refractivity contribution >= 4 is 23.1 Å². The summed E-state index contributed by atoms with van der Waals surface area (Å²) in [6.07, 6.45) is 1.62. The molecular formula is C28H32ClN5O3. The van der Waals surface area contributed by atoms with Gasteiger partial charge in [-0.15, -0.1) is 0 Å². The van der Waals surface area contributed by atoms with E-state index in [1.807, 2.05) is 42.5 Å². The molecule has 0 radical (unpaired) electrons. The summed E-state index contributed by atoms with van der Waals surface area (Å²) in [4.78, 5) is 8.62. The molecule has 3 N–H and O–H groups in total. The average Bonchev–Trinajstić information content (AvgIpc) is 2.89. The number of piperazine rings is 1. The molecule has 0 unspecified atom stereocenters. The molecule has 3 aromatic rings. The van der Waals surface area contributed by atoms with Crippen LogP contribution in [0.1, 0.15) is 29.7 Å². The number of nitriles is 1. The number of aliphatic hydroxyl groups is 1. The highest BCUT2D eigenvalue weighted by Gasteiger charge is 2.34. The number of β-amino-alcohol motifs (C(OH)–C–C–N with tert-alkyl or cyclic N) is 1. The number of aromatic nitrogens is 1. The topological polar surface area (TPSA) is 108 Å². The summed E-state index contributed by atoms with van der Waals surface area (Å²) < 4.78 is 10.8. The Hall–Kier alpha value is -3.35. The van der Waals surface area contributed by atoms with Crippen molar-refractivity contribution in [1.29, 1.82) is 5.26 Å². The van der Waals surface area contributed by atoms with E-state index in [0.29, 0.717) is 67.1 Å². The zero-order chi connectivity index (χ0) is 26.4. The van der Waals surface area contributed by atoms with Gasteiger partial charge in [-0.05, 0) is 48.9 Å². The van der Waals surface area contributed by atoms with Gasteiger partial charge >= 0.3 is 0 Å². The average molecular weight is 522 g/mol. The van der Waals surface area contributed by atoms with E-state index in [4.69, 9.17) is 26.8 Å². The van der Waals surface area contributed by atoms with Gasteiger partial charge in [-0.3, -0.25) is 4.90 Å². The predicted molar refractivity (Wildman–Crippen MR) is 145 cm³/mol. The van der Waals surface area contributed by atoms with E-state index in [9.17, 15) is 10.4 Å². The molecule has 8 nitrogen and oxygen atoms in total. The molecule has 4 rings (SSSR count). The van der Waals surface area contributed by atoms with E-state index in [1.54, 1.807) is 32.4 Å². The van der Waals surface area contributed by atoms with E-state index in [-0.39, 0.29) is 6.04 Å². The Kier molecular flexibility index (Phi) is 8.52. The van der Waals surface area contributed by atoms with Gasteiger partial charge in [0.05, 0.1) is 23.9 Å². The first-order valence-corrected chi connectivity index (χ1v) is 12.5. The van der Waals surface area contributed by atoms with Crippen molar-refractivity contribution in [3.05, 3.63) is 82.5 Å². The van der Waals surface area contributed by atoms with E-state index in [2.05, 4.69) is 20.9 Å². The summed E-state index contributed by atoms with van der Waals surface area (Å²) >= 11 is 6.18. The van der Waals surface area contributed by atoms with Crippen LogP contribution in [0, 0.1) is 11.3 Å². The second-order valence-electron chi connectivity index (χ2n) is 9.37. The van der Waals surface area contributed by atoms with Crippen LogP contribution in [0.25, 0.3) is 0 Å². The number of benzene rings is 2. The van der Waals surface area contributed by atoms with Crippen molar-refractivity contribution < 1.29 is 14.6 Å². The molecule has 0 aliphatic carbocycles. The third-order valence-corrected chi connectivity index (χ3v) is 6.87. The maximum atomic E-state index is 11.3. The zero-order valence-corrected chi connectivity index (χ0v) is 21.9. The van der Waals surface area contributed by atoms with Crippen LogP contribution < -0.4 is 15.4 Å². The van der Waals surface area contributed by atoms with Crippen molar-refractivity contribution in [2.24, 2.45) is 0 Å². The molecule has 0 spiro atoms. The molecule has 0 amide bonds. The number of anilines is 2. The second-order valence-corrected chi connectivity index (χ2v) is 9.81. The molecule has 2 heterocycles. The highest BCUT2D eigenvalue weighted by molar-refractivity contribution is 6.30. The molecule has 2 atom stereocenters. The molecule has 37 heavy (non-hydrogen) atoms. The molecule has 194 valence electrons. The van der Waals surface area contributed by atoms with Crippen LogP contribution in [0.4, 0.5) is 11.5 Å². The van der Waals surface area contributed by atoms with Gasteiger partial charge in [0.2, 0.25) is 0 Å². The van der Waals surface area contributed by atoms with Crippen molar-refractivity contribution in [3.8, 4) is 11.8 Å². The standard InChI is InChI=1S/C28H32ClN5O3/c1-28(35,22-5-10-27(31)32-17-22)19-33-11-12-34(26(18-33)20-3-6-23(29)7-4-20)25-9-8-24(15-21(25)16-30)37-14-13-36-2/h3-10,15,17,26,35H,11-14,18-19H2,1-2H3,(H2,31,32)/t26-,28+/m0/s1. The largest absolute Gasteiger partial charge is 0.491 e. The number of ether oxygens (including phenoxy) is 2. The van der Waals surface area contributed by atoms with E-state index in [0.717, 1.165) is 11.3 Å². The van der Waals surface area contributed by atoms with Crippen LogP contribution in [0.5, 0.6) is 5.75 Å². The summed E-state index contributed by atoms with van der Waals surface area (Å²) in [5.41, 5.74) is 7.80. The highest BCUT2D eigenvalue weighted by atomic mass is 35.5. The lowest BCUT2D eigenvalue weighted by molar-refractivity contribution is 0.0100. The summed E-state index contributed by atoms with van der Waals surface area (Å²) in [6, 6.07) is 19.2. The van der Waals surface area contributed by atoms with Crippen LogP contribution in [0.15, 0.2) is 60.8 Å². The Labute approximate surface area is 222 Å². The van der Waals surface area contributed by atoms with Gasteiger partial charge in [-0.1, -0.05) is 29.8 Å². The Balaban J connectivity index is 1.60. The fraction of sp³-hybridized carbons (Fsp3) is 0.357. The molecule has 1 aliphatic heterocycles. The van der Waals surface area contributed by atoms with Gasteiger partial charge < -0.3 is 25.2 Å². The minimum absolute atomic E-state index is 0.0567. The molecule has 0 bridgehead atoms. The van der Waals surface area contributed by atoms with Crippen LogP contribution in [-0.4, -0.2) is 61.5 Å². The number of hydrogen-bond acceptors (Lipinski definition) is 8. The number of methoxy groups -OCH3 is 1. The van der Waals surface area contributed by atoms with Gasteiger partial charge in [0.15, 0.2) is 0 Å². The van der Waals surface area contributed by atoms with Crippen molar-refractivity contribution in [1.82, 2.24) is 9.88 Å². The molecule has 1 saturated heterocycles. The summed E-state index contributed by atoms with van der Waals surface area (Å²) in [7, 11) is 1.62. The quantitative estimate of drug-likeness (QED) is 0.407. The number of rotatable bonds is 9. The number of nitrogens with two attached hydrogens (primary N) is 1. The zero-order valence-electron chi connectivity index (χ0n) is 21.1. The monoisotopic (exact) mass is 521 g/mol. The third kappa shape index (κ3) is 6.51. The first-order valence-electron chi connectivity index (χ1n) is 12.2. The molecule has 2 aromatic carbocycles. The lowest BCUT2D eigenvalue weighted by Gasteiger charge is -2.45. The Morgan fingerprint density at radius 2 is 1.95 bits per heavy atom. The van der Waals surface area contributed by atoms with Crippen molar-refractivity contribution in [2.45, 2.75) is 18.6 Å². The number of halogens is 1. The number of hydrogen-bond donors (Lipinski definition) is 2. The summed E-state index contributed by atoms with van der Waals surface area (Å²) in [6.45, 7) is 5.13. The predicted octanol–water partition coefficient (Wildman–Crippen LogP) is 3.99. The van der Waals surface area contributed by atoms with Crippen molar-refractivity contribution in [3.63, 3.8) is 0 Å². The van der Waals surface area contributed by atoms with Gasteiger partial charge in [-0.2, -0.15) is 5.26 Å². The van der Waals surface area contributed by atoms with Crippen LogP contribution in [0.3, 0.4) is 0 Å². The van der Waals surface area contributed by atoms with Crippen LogP contribution >= 0.6 is 11.6 Å². The molecule has 9 heteroatoms. The van der Waals surface area contributed by atoms with E-state index < -0.39 is 5.60 Å². The first kappa shape index (κ1) is 26.7. The molecule has 1 aromatic heterocycles. The maximum Gasteiger partial charge on any atom is 0.123 e. The Morgan fingerprint density at radius 1 is 1.16 bits per heavy atom. The number of nitrogens with zero attached hydrogens (tertiary/aromatic N) is 4. The normalized spacial score (nSPS) is 17.7. The summed E-state index contributed by atoms with van der Waals surface area (Å²) in [5, 5.41) is 21.9. The molecule has 1 fully saturated rings. The van der Waals surface area contributed by atoms with E-state index >= 15 is 0 Å². The molecule has 0 saturated carbocycles. The Bertz CT molecular complexity index is 1230. The molecule has 1 aliphatic rings. The minimum Gasteiger partial charge on any atom is -0.491 e. The van der Waals surface area contributed by atoms with Gasteiger partial charge in [0.25, 0.3) is 0 Å². The smallest absolute Gasteiger partial charge is 0.123 e. The second kappa shape index (κ2) is 11.8. The van der Waals surface area contributed by atoms with Gasteiger partial charge in [0, 0.05) is 50.1 Å². The van der Waals surface area contributed by atoms with Crippen molar-refractivity contribution in [2.75, 3.05) is 57.1 Å². The number of pyridine rings is 1. The van der Waals surface area contributed by atoms with Gasteiger partial charge in [0.1, 0.15) is 29.8 Å². The summed E-state index contributed by atoms with van der Waals surface area (Å²) in [5.74, 6) is 1.05. The SMILES string of the molecule is COCCOc1ccc(N2CCN(C[C@@](C)(O)c3ccc(N)nc3)C[C@H]2c2ccc(Cl)cc2)c(C#N)c1. The number of nitrogen functional groups attached to an aromatic ring is 1. The van der Waals surface area contributed by atoms with Crippen LogP contribution in [0.2, 0.25) is 5.02 Å². The van der Waals surface area contributed by atoms with E-state index in [1.165, 1.54) is 0 Å². The fourth-order valence-corrected chi connectivity index (χ4v) is 4.81. The first-order chi connectivity index (χ1) is 17.8. The maximum absolute atomic E-state index is 11.3. The minimum atomic E-state index is -1.10. The molecular weight excluding hydrogens is 490 g/mol. The highest BCUT2D eigenvalue weighted by Crippen LogP contribution is 2.36. The van der Waals surface area contributed by atoms with Crippen LogP contribution in [-0.2, 0) is 10.3 Å². The lowest BCUT2D eigenvalue weighted by Crippen LogP contribution is -2.52. The Morgan fingerprint density at radius 3 is 2.62 bits per heavy atom. The fourth-order valence-electron chi connectivity index (χ4n) is 4.68. The lowest BCUT2D eigenvalue weighted by atomic mass is 9.94. The third-order valence-electron chi connectivity index (χ3n) is 6.61.